The molecule has 6 heteroatoms. The molecule has 3 N–H and O–H groups in total. The second kappa shape index (κ2) is 6.66. The van der Waals surface area contributed by atoms with E-state index in [1.54, 1.807) is 0 Å². The molecule has 0 aromatic carbocycles. The molecule has 0 bridgehead atoms. The van der Waals surface area contributed by atoms with Crippen LogP contribution in [0.25, 0.3) is 0 Å². The number of rotatable bonds is 7. The van der Waals surface area contributed by atoms with Gasteiger partial charge in [0.1, 0.15) is 0 Å². The van der Waals surface area contributed by atoms with Crippen LogP contribution in [0.15, 0.2) is 0 Å². The summed E-state index contributed by atoms with van der Waals surface area (Å²) in [7, 11) is 0. The highest BCUT2D eigenvalue weighted by molar-refractivity contribution is 5.69. The van der Waals surface area contributed by atoms with E-state index >= 15 is 0 Å². The Bertz CT molecular complexity index is 194. The van der Waals surface area contributed by atoms with Crippen molar-refractivity contribution < 1.29 is 23.1 Å². The van der Waals surface area contributed by atoms with Gasteiger partial charge in [-0.05, 0) is 25.8 Å². The van der Waals surface area contributed by atoms with Crippen LogP contribution in [-0.4, -0.2) is 23.8 Å². The lowest BCUT2D eigenvalue weighted by Gasteiger charge is -2.13. The van der Waals surface area contributed by atoms with Gasteiger partial charge in [-0.15, -0.1) is 0 Å². The minimum Gasteiger partial charge on any atom is -0.481 e. The van der Waals surface area contributed by atoms with Gasteiger partial charge in [0.15, 0.2) is 0 Å². The zero-order chi connectivity index (χ0) is 11.9. The van der Waals surface area contributed by atoms with Crippen molar-refractivity contribution >= 4 is 5.97 Å². The fourth-order valence-electron chi connectivity index (χ4n) is 1.26. The highest BCUT2D eigenvalue weighted by atomic mass is 19.4. The number of carboxylic acid groups (broad SMARTS) is 1. The van der Waals surface area contributed by atoms with Gasteiger partial charge in [-0.1, -0.05) is 6.42 Å². The highest BCUT2D eigenvalue weighted by Gasteiger charge is 2.30. The zero-order valence-electron chi connectivity index (χ0n) is 8.39. The summed E-state index contributed by atoms with van der Waals surface area (Å²) in [4.78, 5) is 10.6. The molecular weight excluding hydrogens is 211 g/mol. The van der Waals surface area contributed by atoms with Crippen LogP contribution in [0, 0.1) is 5.92 Å². The second-order valence-electron chi connectivity index (χ2n) is 3.47. The standard InChI is InChI=1S/C9H16F3NO2/c10-9(11,12)5-4-7(8(14)15)3-1-2-6-13/h7H,1-6,13H2,(H,14,15). The Morgan fingerprint density at radius 3 is 2.27 bits per heavy atom. The fourth-order valence-corrected chi connectivity index (χ4v) is 1.26. The molecule has 0 radical (unpaired) electrons. The molecule has 0 rings (SSSR count). The van der Waals surface area contributed by atoms with E-state index in [0.29, 0.717) is 19.4 Å². The molecule has 90 valence electrons. The predicted octanol–water partition coefficient (Wildman–Crippen LogP) is 2.16. The highest BCUT2D eigenvalue weighted by Crippen LogP contribution is 2.26. The maximum atomic E-state index is 11.9. The van der Waals surface area contributed by atoms with E-state index in [1.165, 1.54) is 0 Å². The first kappa shape index (κ1) is 14.2. The number of unbranched alkanes of at least 4 members (excludes halogenated alkanes) is 1. The number of carboxylic acids is 1. The summed E-state index contributed by atoms with van der Waals surface area (Å²) in [6, 6.07) is 0. The minimum absolute atomic E-state index is 0.266. The molecule has 0 aromatic heterocycles. The molecule has 0 heterocycles. The third kappa shape index (κ3) is 8.23. The van der Waals surface area contributed by atoms with Crippen molar-refractivity contribution in [3.63, 3.8) is 0 Å². The van der Waals surface area contributed by atoms with E-state index in [-0.39, 0.29) is 12.8 Å². The normalized spacial score (nSPS) is 13.9. The number of carbonyl (C=O) groups is 1. The molecule has 0 aliphatic carbocycles. The summed E-state index contributed by atoms with van der Waals surface area (Å²) < 4.78 is 35.6. The van der Waals surface area contributed by atoms with Gasteiger partial charge in [0.2, 0.25) is 0 Å². The lowest BCUT2D eigenvalue weighted by Crippen LogP contribution is -2.18. The summed E-state index contributed by atoms with van der Waals surface area (Å²) in [5, 5.41) is 8.67. The monoisotopic (exact) mass is 227 g/mol. The van der Waals surface area contributed by atoms with Crippen LogP contribution in [0.4, 0.5) is 13.2 Å². The van der Waals surface area contributed by atoms with Crippen LogP contribution >= 0.6 is 0 Å². The third-order valence-electron chi connectivity index (χ3n) is 2.13. The first-order valence-electron chi connectivity index (χ1n) is 4.86. The summed E-state index contributed by atoms with van der Waals surface area (Å²) in [6.45, 7) is 0.436. The first-order valence-corrected chi connectivity index (χ1v) is 4.86. The van der Waals surface area contributed by atoms with Gasteiger partial charge in [0, 0.05) is 6.42 Å². The molecule has 15 heavy (non-hydrogen) atoms. The zero-order valence-corrected chi connectivity index (χ0v) is 8.39. The minimum atomic E-state index is -4.28. The lowest BCUT2D eigenvalue weighted by molar-refractivity contribution is -0.149. The lowest BCUT2D eigenvalue weighted by atomic mass is 9.97. The van der Waals surface area contributed by atoms with Gasteiger partial charge in [-0.25, -0.2) is 0 Å². The maximum Gasteiger partial charge on any atom is 0.389 e. The summed E-state index contributed by atoms with van der Waals surface area (Å²) in [5.74, 6) is -2.06. The van der Waals surface area contributed by atoms with E-state index in [1.807, 2.05) is 0 Å². The van der Waals surface area contributed by atoms with E-state index in [2.05, 4.69) is 0 Å². The predicted molar refractivity (Wildman–Crippen MR) is 49.3 cm³/mol. The second-order valence-corrected chi connectivity index (χ2v) is 3.47. The number of nitrogens with two attached hydrogens (primary N) is 1. The van der Waals surface area contributed by atoms with Crippen molar-refractivity contribution in [2.45, 2.75) is 38.3 Å². The number of halogens is 3. The molecular formula is C9H16F3NO2. The summed E-state index contributed by atoms with van der Waals surface area (Å²) >= 11 is 0. The SMILES string of the molecule is NCCCCC(CCC(F)(F)F)C(=O)O. The van der Waals surface area contributed by atoms with E-state index in [0.717, 1.165) is 0 Å². The summed E-state index contributed by atoms with van der Waals surface area (Å²) in [5.41, 5.74) is 5.21. The van der Waals surface area contributed by atoms with Crippen molar-refractivity contribution in [3.05, 3.63) is 0 Å². The Balaban J connectivity index is 3.89. The van der Waals surface area contributed by atoms with Crippen molar-refractivity contribution in [1.82, 2.24) is 0 Å². The van der Waals surface area contributed by atoms with E-state index in [9.17, 15) is 18.0 Å². The number of hydrogen-bond donors (Lipinski definition) is 2. The summed E-state index contributed by atoms with van der Waals surface area (Å²) in [6.07, 6.45) is -4.18. The van der Waals surface area contributed by atoms with Crippen LogP contribution in [0.5, 0.6) is 0 Å². The van der Waals surface area contributed by atoms with E-state index < -0.39 is 24.5 Å². The first-order chi connectivity index (χ1) is 6.87. The Labute approximate surface area is 86.5 Å². The van der Waals surface area contributed by atoms with Crippen molar-refractivity contribution in [2.24, 2.45) is 11.7 Å². The van der Waals surface area contributed by atoms with Crippen molar-refractivity contribution in [2.75, 3.05) is 6.54 Å². The molecule has 0 aliphatic rings. The van der Waals surface area contributed by atoms with Crippen LogP contribution in [0.1, 0.15) is 32.1 Å². The van der Waals surface area contributed by atoms with E-state index in [4.69, 9.17) is 10.8 Å². The largest absolute Gasteiger partial charge is 0.481 e. The Morgan fingerprint density at radius 2 is 1.87 bits per heavy atom. The van der Waals surface area contributed by atoms with Gasteiger partial charge >= 0.3 is 12.1 Å². The fraction of sp³-hybridized carbons (Fsp3) is 0.889. The molecule has 1 unspecified atom stereocenters. The smallest absolute Gasteiger partial charge is 0.389 e. The average Bonchev–Trinajstić information content (AvgIpc) is 2.08. The van der Waals surface area contributed by atoms with Crippen molar-refractivity contribution in [1.29, 1.82) is 0 Å². The maximum absolute atomic E-state index is 11.9. The number of hydrogen-bond acceptors (Lipinski definition) is 2. The van der Waals surface area contributed by atoms with Gasteiger partial charge in [-0.2, -0.15) is 13.2 Å². The van der Waals surface area contributed by atoms with Gasteiger partial charge < -0.3 is 10.8 Å². The Morgan fingerprint density at radius 1 is 1.27 bits per heavy atom. The van der Waals surface area contributed by atoms with Crippen LogP contribution < -0.4 is 5.73 Å². The van der Waals surface area contributed by atoms with Gasteiger partial charge in [-0.3, -0.25) is 4.79 Å². The van der Waals surface area contributed by atoms with Crippen LogP contribution in [0.3, 0.4) is 0 Å². The number of aliphatic carboxylic acids is 1. The molecule has 0 aliphatic heterocycles. The van der Waals surface area contributed by atoms with Crippen LogP contribution in [-0.2, 0) is 4.79 Å². The van der Waals surface area contributed by atoms with Crippen molar-refractivity contribution in [3.8, 4) is 0 Å². The van der Waals surface area contributed by atoms with Crippen LogP contribution in [0.2, 0.25) is 0 Å². The molecule has 0 spiro atoms. The Hall–Kier alpha value is -0.780. The molecule has 0 saturated carbocycles. The van der Waals surface area contributed by atoms with Gasteiger partial charge in [0.25, 0.3) is 0 Å². The third-order valence-corrected chi connectivity index (χ3v) is 2.13. The molecule has 0 fully saturated rings. The quantitative estimate of drug-likeness (QED) is 0.655. The average molecular weight is 227 g/mol. The number of alkyl halides is 3. The molecule has 3 nitrogen and oxygen atoms in total. The molecule has 0 saturated heterocycles. The molecule has 0 amide bonds. The Kier molecular flexibility index (Phi) is 6.31. The molecule has 1 atom stereocenters. The van der Waals surface area contributed by atoms with Gasteiger partial charge in [0.05, 0.1) is 5.92 Å². The topological polar surface area (TPSA) is 63.3 Å². The molecule has 0 aromatic rings.